The molecule has 2 saturated heterocycles. The number of halogens is 3. The minimum Gasteiger partial charge on any atom is -0.353 e. The van der Waals surface area contributed by atoms with Crippen LogP contribution in [0.1, 0.15) is 235 Å². The molecular formula is C56H104BI3O4. The van der Waals surface area contributed by atoms with Crippen molar-refractivity contribution in [3.8, 4) is 0 Å². The van der Waals surface area contributed by atoms with Crippen LogP contribution in [0.3, 0.4) is 0 Å². The van der Waals surface area contributed by atoms with E-state index in [0.29, 0.717) is 11.8 Å². The molecule has 64 heavy (non-hydrogen) atoms. The SMILES string of the molecule is CC1CCC(CC2CCC(C)CC2)CC1.CC1CCC(CC2CCC(C)CC2)CC1.CC1CCC(CC2COC(C)OC2)CC1.CC1CCC(CC2OCC(C)CO2)CC1.IB(I)I. The van der Waals surface area contributed by atoms with Crippen molar-refractivity contribution in [2.24, 2.45) is 82.9 Å². The van der Waals surface area contributed by atoms with Crippen molar-refractivity contribution < 1.29 is 18.9 Å². The van der Waals surface area contributed by atoms with Gasteiger partial charge < -0.3 is 18.9 Å². The van der Waals surface area contributed by atoms with Crippen LogP contribution in [-0.2, 0) is 18.9 Å². The molecule has 8 rings (SSSR count). The largest absolute Gasteiger partial charge is 0.355 e. The lowest BCUT2D eigenvalue weighted by Crippen LogP contribution is -2.32. The Bertz CT molecular complexity index is 850. The highest BCUT2D eigenvalue weighted by Gasteiger charge is 2.29. The zero-order chi connectivity index (χ0) is 46.3. The van der Waals surface area contributed by atoms with Gasteiger partial charge in [-0.05, 0) is 97.2 Å². The van der Waals surface area contributed by atoms with Crippen LogP contribution in [0.25, 0.3) is 0 Å². The molecule has 0 bridgehead atoms. The van der Waals surface area contributed by atoms with Crippen LogP contribution >= 0.6 is 67.1 Å². The normalized spacial score (nSPS) is 40.5. The predicted octanol–water partition coefficient (Wildman–Crippen LogP) is 18.8. The van der Waals surface area contributed by atoms with Crippen molar-refractivity contribution in [1.29, 1.82) is 0 Å². The first-order valence-corrected chi connectivity index (χ1v) is 31.8. The van der Waals surface area contributed by atoms with Crippen molar-refractivity contribution in [2.75, 3.05) is 26.4 Å². The first-order chi connectivity index (χ1) is 30.7. The van der Waals surface area contributed by atoms with Crippen molar-refractivity contribution in [1.82, 2.24) is 0 Å². The topological polar surface area (TPSA) is 36.9 Å². The van der Waals surface area contributed by atoms with E-state index in [4.69, 9.17) is 18.9 Å². The van der Waals surface area contributed by atoms with Crippen LogP contribution in [0.5, 0.6) is 0 Å². The van der Waals surface area contributed by atoms with Crippen LogP contribution in [0.15, 0.2) is 0 Å². The maximum Gasteiger partial charge on any atom is 0.355 e. The highest BCUT2D eigenvalue weighted by Crippen LogP contribution is 2.40. The molecule has 0 amide bonds. The third kappa shape index (κ3) is 26.5. The maximum absolute atomic E-state index is 5.70. The predicted molar refractivity (Wildman–Crippen MR) is 303 cm³/mol. The lowest BCUT2D eigenvalue weighted by Gasteiger charge is -2.32. The van der Waals surface area contributed by atoms with Gasteiger partial charge in [-0.2, -0.15) is 0 Å². The Hall–Kier alpha value is 2.09. The third-order valence-corrected chi connectivity index (χ3v) is 17.6. The molecule has 376 valence electrons. The van der Waals surface area contributed by atoms with E-state index in [1.165, 1.54) is 161 Å². The molecule has 0 unspecified atom stereocenters. The molecule has 0 radical (unpaired) electrons. The van der Waals surface area contributed by atoms with Gasteiger partial charge in [-0.15, -0.1) is 67.1 Å². The summed E-state index contributed by atoms with van der Waals surface area (Å²) in [6, 6.07) is 0. The molecule has 0 N–H and O–H groups in total. The first-order valence-electron chi connectivity index (χ1n) is 28.1. The van der Waals surface area contributed by atoms with Crippen LogP contribution in [0.2, 0.25) is 0 Å². The summed E-state index contributed by atoms with van der Waals surface area (Å²) in [6.07, 6.45) is 41.3. The molecule has 8 fully saturated rings. The molecule has 0 spiro atoms. The molecule has 0 aromatic carbocycles. The van der Waals surface area contributed by atoms with E-state index in [0.717, 1.165) is 104 Å². The smallest absolute Gasteiger partial charge is 0.353 e. The lowest BCUT2D eigenvalue weighted by atomic mass is 9.74. The Morgan fingerprint density at radius 2 is 0.500 bits per heavy atom. The number of ether oxygens (including phenoxy) is 4. The van der Waals surface area contributed by atoms with Gasteiger partial charge in [0.25, 0.3) is 0 Å². The standard InChI is InChI=1S/2C15H28.2C13H24O2.BI3/c2*1-12-3-7-14(8-4-12)11-15-9-5-13(2)6-10-15;1-10-3-5-12(6-4-10)7-13-8-14-11(2)15-9-13;1-10-3-5-12(6-4-10)7-13-14-8-11(2)9-15-13;2-1(3)4/h2*12-15H,3-11H2,1-2H3;2*10-13H,3-9H2,1-2H3;. The molecule has 2 heterocycles. The van der Waals surface area contributed by atoms with E-state index >= 15 is 0 Å². The Morgan fingerprint density at radius 1 is 0.281 bits per heavy atom. The van der Waals surface area contributed by atoms with Crippen molar-refractivity contribution in [2.45, 2.75) is 248 Å². The molecule has 8 aliphatic rings. The summed E-state index contributed by atoms with van der Waals surface area (Å²) in [5.41, 5.74) is 0. The van der Waals surface area contributed by atoms with Gasteiger partial charge in [0.1, 0.15) is 0 Å². The molecular weight excluding hydrogens is 1130 g/mol. The summed E-state index contributed by atoms with van der Waals surface area (Å²) in [5, 5.41) is 0. The van der Waals surface area contributed by atoms with Crippen LogP contribution in [0, 0.1) is 82.9 Å². The van der Waals surface area contributed by atoms with Crippen molar-refractivity contribution >= 4 is 67.4 Å². The number of rotatable bonds is 8. The van der Waals surface area contributed by atoms with Crippen molar-refractivity contribution in [3.63, 3.8) is 0 Å². The summed E-state index contributed by atoms with van der Waals surface area (Å²) < 4.78 is 23.2. The molecule has 0 aromatic rings. The second-order valence-electron chi connectivity index (χ2n) is 24.2. The van der Waals surface area contributed by atoms with E-state index in [1.807, 2.05) is 6.92 Å². The van der Waals surface area contributed by atoms with E-state index in [-0.39, 0.29) is 12.6 Å². The third-order valence-electron chi connectivity index (χ3n) is 17.6. The average Bonchev–Trinajstić information content (AvgIpc) is 3.28. The summed E-state index contributed by atoms with van der Waals surface area (Å²) in [5.74, 6) is 13.4. The highest BCUT2D eigenvalue weighted by molar-refractivity contribution is 14.4. The second-order valence-corrected chi connectivity index (χ2v) is 35.1. The van der Waals surface area contributed by atoms with E-state index in [9.17, 15) is 0 Å². The second kappa shape index (κ2) is 33.7. The Balaban J connectivity index is 0.000000182. The zero-order valence-electron chi connectivity index (χ0n) is 43.2. The van der Waals surface area contributed by atoms with Gasteiger partial charge in [0, 0.05) is 18.3 Å². The molecule has 0 aromatic heterocycles. The Morgan fingerprint density at radius 3 is 0.750 bits per heavy atom. The Kier molecular flexibility index (Phi) is 30.9. The molecule has 8 heteroatoms. The molecule has 6 saturated carbocycles. The van der Waals surface area contributed by atoms with Crippen LogP contribution in [0.4, 0.5) is 0 Å². The maximum atomic E-state index is 5.70. The number of hydrogen-bond donors (Lipinski definition) is 0. The van der Waals surface area contributed by atoms with Gasteiger partial charge >= 0.3 is 0.282 Å². The van der Waals surface area contributed by atoms with Gasteiger partial charge in [0.2, 0.25) is 0 Å². The quantitative estimate of drug-likeness (QED) is 0.179. The van der Waals surface area contributed by atoms with E-state index in [2.05, 4.69) is 116 Å². The fourth-order valence-corrected chi connectivity index (χ4v) is 12.6. The highest BCUT2D eigenvalue weighted by atomic mass is 127. The summed E-state index contributed by atoms with van der Waals surface area (Å²) in [6.45, 7) is 22.2. The molecule has 2 aliphatic heterocycles. The molecule has 4 nitrogen and oxygen atoms in total. The summed E-state index contributed by atoms with van der Waals surface area (Å²) >= 11 is 6.95. The Labute approximate surface area is 439 Å². The number of hydrogen-bond acceptors (Lipinski definition) is 4. The van der Waals surface area contributed by atoms with Gasteiger partial charge in [-0.25, -0.2) is 0 Å². The van der Waals surface area contributed by atoms with E-state index in [1.54, 1.807) is 12.8 Å². The van der Waals surface area contributed by atoms with E-state index < -0.39 is 0 Å². The van der Waals surface area contributed by atoms with Gasteiger partial charge in [-0.1, -0.05) is 203 Å². The monoisotopic (exact) mass is 1230 g/mol. The van der Waals surface area contributed by atoms with Gasteiger partial charge in [0.05, 0.1) is 26.4 Å². The fourth-order valence-electron chi connectivity index (χ4n) is 12.6. The molecule has 0 atom stereocenters. The van der Waals surface area contributed by atoms with Gasteiger partial charge in [-0.3, -0.25) is 0 Å². The fraction of sp³-hybridized carbons (Fsp3) is 1.00. The van der Waals surface area contributed by atoms with Crippen LogP contribution < -0.4 is 0 Å². The average molecular weight is 1230 g/mol. The summed E-state index contributed by atoms with van der Waals surface area (Å²) in [7, 11) is 0. The van der Waals surface area contributed by atoms with Gasteiger partial charge in [0.15, 0.2) is 12.6 Å². The minimum atomic E-state index is 0.0210. The van der Waals surface area contributed by atoms with Crippen molar-refractivity contribution in [3.05, 3.63) is 0 Å². The first kappa shape index (κ1) is 58.7. The van der Waals surface area contributed by atoms with Crippen LogP contribution in [-0.4, -0.2) is 39.3 Å². The lowest BCUT2D eigenvalue weighted by molar-refractivity contribution is -0.205. The molecule has 6 aliphatic carbocycles. The minimum absolute atomic E-state index is 0.0210. The zero-order valence-corrected chi connectivity index (χ0v) is 49.7. The summed E-state index contributed by atoms with van der Waals surface area (Å²) in [4.78, 5) is 0.